The van der Waals surface area contributed by atoms with Crippen LogP contribution < -0.4 is 0 Å². The molecule has 1 aromatic carbocycles. The topological polar surface area (TPSA) is 40.6 Å². The number of carbonyl (C=O) groups excluding carboxylic acids is 2. The van der Waals surface area contributed by atoms with E-state index in [9.17, 15) is 14.0 Å². The molecule has 2 amide bonds. The van der Waals surface area contributed by atoms with E-state index in [0.29, 0.717) is 6.54 Å². The fraction of sp³-hybridized carbons (Fsp3) is 0.429. The molecular weight excluding hydrogens is 363 g/mol. The molecule has 2 atom stereocenters. The van der Waals surface area contributed by atoms with Crippen molar-refractivity contribution in [2.75, 3.05) is 13.1 Å². The summed E-state index contributed by atoms with van der Waals surface area (Å²) >= 11 is 1.69. The third-order valence-electron chi connectivity index (χ3n) is 5.30. The van der Waals surface area contributed by atoms with Gasteiger partial charge in [0.05, 0.1) is 6.04 Å². The fourth-order valence-electron chi connectivity index (χ4n) is 3.62. The van der Waals surface area contributed by atoms with Gasteiger partial charge in [-0.2, -0.15) is 0 Å². The van der Waals surface area contributed by atoms with Gasteiger partial charge in [-0.05, 0) is 54.5 Å². The highest BCUT2D eigenvalue weighted by atomic mass is 32.1. The van der Waals surface area contributed by atoms with Gasteiger partial charge in [0.25, 0.3) is 0 Å². The summed E-state index contributed by atoms with van der Waals surface area (Å²) in [6.45, 7) is 6.14. The van der Waals surface area contributed by atoms with Crippen molar-refractivity contribution >= 4 is 23.2 Å². The molecule has 0 radical (unpaired) electrons. The summed E-state index contributed by atoms with van der Waals surface area (Å²) < 4.78 is 13.4. The molecule has 1 aliphatic heterocycles. The number of nitrogens with zero attached hydrogens (tertiary/aromatic N) is 2. The van der Waals surface area contributed by atoms with Crippen LogP contribution in [-0.2, 0) is 16.0 Å². The van der Waals surface area contributed by atoms with Crippen LogP contribution in [0.4, 0.5) is 4.39 Å². The number of carbonyl (C=O) groups is 2. The second-order valence-electron chi connectivity index (χ2n) is 6.99. The minimum atomic E-state index is -0.294. The average molecular weight is 389 g/mol. The lowest BCUT2D eigenvalue weighted by atomic mass is 9.93. The Morgan fingerprint density at radius 2 is 2.00 bits per heavy atom. The number of hydrogen-bond donors (Lipinski definition) is 0. The van der Waals surface area contributed by atoms with E-state index in [1.54, 1.807) is 28.4 Å². The summed E-state index contributed by atoms with van der Waals surface area (Å²) in [5.74, 6) is -0.460. The summed E-state index contributed by atoms with van der Waals surface area (Å²) in [4.78, 5) is 29.9. The monoisotopic (exact) mass is 388 g/mol. The Morgan fingerprint density at radius 3 is 2.63 bits per heavy atom. The predicted octanol–water partition coefficient (Wildman–Crippen LogP) is 4.01. The molecule has 0 bridgehead atoms. The molecule has 0 N–H and O–H groups in total. The zero-order chi connectivity index (χ0) is 19.6. The lowest BCUT2D eigenvalue weighted by Gasteiger charge is -2.38. The number of thiophene rings is 1. The first-order valence-corrected chi connectivity index (χ1v) is 10.2. The number of hydrogen-bond acceptors (Lipinski definition) is 3. The molecule has 27 heavy (non-hydrogen) atoms. The van der Waals surface area contributed by atoms with Crippen molar-refractivity contribution in [3.8, 4) is 0 Å². The standard InChI is InChI=1S/C21H25FN2O2S/c1-4-14(2)24(15(3)25)13-20(26)23-11-9-19-18(10-12-27-19)21(23)16-5-7-17(22)8-6-16/h5-8,10,12,14,21H,4,9,11,13H2,1-3H3. The van der Waals surface area contributed by atoms with Crippen molar-refractivity contribution in [2.24, 2.45) is 0 Å². The van der Waals surface area contributed by atoms with Crippen LogP contribution in [0.1, 0.15) is 49.2 Å². The summed E-state index contributed by atoms with van der Waals surface area (Å²) in [5.41, 5.74) is 1.99. The number of benzene rings is 1. The van der Waals surface area contributed by atoms with Gasteiger partial charge in [-0.1, -0.05) is 19.1 Å². The van der Waals surface area contributed by atoms with Crippen LogP contribution in [-0.4, -0.2) is 40.7 Å². The van der Waals surface area contributed by atoms with Crippen molar-refractivity contribution in [1.82, 2.24) is 9.80 Å². The van der Waals surface area contributed by atoms with Crippen LogP contribution in [0.15, 0.2) is 35.7 Å². The Balaban J connectivity index is 1.91. The minimum absolute atomic E-state index is 0.0113. The number of amides is 2. The molecule has 144 valence electrons. The average Bonchev–Trinajstić information content (AvgIpc) is 3.13. The molecule has 6 heteroatoms. The van der Waals surface area contributed by atoms with E-state index in [0.717, 1.165) is 24.0 Å². The van der Waals surface area contributed by atoms with Gasteiger partial charge in [-0.25, -0.2) is 4.39 Å². The summed E-state index contributed by atoms with van der Waals surface area (Å²) in [5, 5.41) is 2.04. The van der Waals surface area contributed by atoms with E-state index in [1.807, 2.05) is 30.2 Å². The maximum absolute atomic E-state index is 13.4. The van der Waals surface area contributed by atoms with Crippen LogP contribution in [0, 0.1) is 5.82 Å². The van der Waals surface area contributed by atoms with Crippen molar-refractivity contribution in [3.05, 3.63) is 57.5 Å². The van der Waals surface area contributed by atoms with Crippen LogP contribution in [0.3, 0.4) is 0 Å². The first-order chi connectivity index (χ1) is 12.9. The predicted molar refractivity (Wildman–Crippen MR) is 105 cm³/mol. The molecular formula is C21H25FN2O2S. The Bertz CT molecular complexity index is 818. The molecule has 0 aliphatic carbocycles. The molecule has 3 rings (SSSR count). The molecule has 1 aromatic heterocycles. The van der Waals surface area contributed by atoms with E-state index in [2.05, 4.69) is 0 Å². The van der Waals surface area contributed by atoms with Gasteiger partial charge < -0.3 is 9.80 Å². The van der Waals surface area contributed by atoms with Crippen molar-refractivity contribution in [3.63, 3.8) is 0 Å². The zero-order valence-corrected chi connectivity index (χ0v) is 16.8. The van der Waals surface area contributed by atoms with Crippen LogP contribution in [0.2, 0.25) is 0 Å². The maximum Gasteiger partial charge on any atom is 0.243 e. The smallest absolute Gasteiger partial charge is 0.243 e. The third kappa shape index (κ3) is 4.05. The Kier molecular flexibility index (Phi) is 5.95. The number of fused-ring (bicyclic) bond motifs is 1. The zero-order valence-electron chi connectivity index (χ0n) is 15.9. The first-order valence-electron chi connectivity index (χ1n) is 9.30. The van der Waals surface area contributed by atoms with Crippen LogP contribution in [0.25, 0.3) is 0 Å². The van der Waals surface area contributed by atoms with Gasteiger partial charge in [0.15, 0.2) is 0 Å². The quantitative estimate of drug-likeness (QED) is 0.777. The van der Waals surface area contributed by atoms with Gasteiger partial charge in [0, 0.05) is 24.4 Å². The van der Waals surface area contributed by atoms with E-state index in [-0.39, 0.29) is 36.3 Å². The molecule has 0 spiro atoms. The number of rotatable bonds is 5. The minimum Gasteiger partial charge on any atom is -0.331 e. The lowest BCUT2D eigenvalue weighted by molar-refractivity contribution is -0.142. The number of halogens is 1. The van der Waals surface area contributed by atoms with E-state index >= 15 is 0 Å². The molecule has 4 nitrogen and oxygen atoms in total. The maximum atomic E-state index is 13.4. The van der Waals surface area contributed by atoms with Gasteiger partial charge in [0.2, 0.25) is 11.8 Å². The van der Waals surface area contributed by atoms with Crippen molar-refractivity contribution in [1.29, 1.82) is 0 Å². The summed E-state index contributed by atoms with van der Waals surface area (Å²) in [7, 11) is 0. The van der Waals surface area contributed by atoms with Gasteiger partial charge >= 0.3 is 0 Å². The molecule has 2 aromatic rings. The van der Waals surface area contributed by atoms with E-state index < -0.39 is 0 Å². The lowest BCUT2D eigenvalue weighted by Crippen LogP contribution is -2.48. The first kappa shape index (κ1) is 19.5. The summed E-state index contributed by atoms with van der Waals surface area (Å²) in [6, 6.07) is 8.16. The van der Waals surface area contributed by atoms with Gasteiger partial charge in [0.1, 0.15) is 12.4 Å². The highest BCUT2D eigenvalue weighted by Crippen LogP contribution is 2.37. The van der Waals surface area contributed by atoms with Crippen molar-refractivity contribution in [2.45, 2.75) is 45.7 Å². The SMILES string of the molecule is CCC(C)N(CC(=O)N1CCc2sccc2C1c1ccc(F)cc1)C(C)=O. The van der Waals surface area contributed by atoms with Crippen LogP contribution >= 0.6 is 11.3 Å². The van der Waals surface area contributed by atoms with E-state index in [1.165, 1.54) is 23.9 Å². The van der Waals surface area contributed by atoms with Crippen molar-refractivity contribution < 1.29 is 14.0 Å². The Labute approximate surface area is 163 Å². The second kappa shape index (κ2) is 8.21. The summed E-state index contributed by atoms with van der Waals surface area (Å²) in [6.07, 6.45) is 1.60. The molecule has 0 saturated heterocycles. The molecule has 1 aliphatic rings. The van der Waals surface area contributed by atoms with Gasteiger partial charge in [-0.3, -0.25) is 9.59 Å². The molecule has 2 heterocycles. The largest absolute Gasteiger partial charge is 0.331 e. The normalized spacial score (nSPS) is 17.3. The second-order valence-corrected chi connectivity index (χ2v) is 8.00. The highest BCUT2D eigenvalue weighted by Gasteiger charge is 2.34. The fourth-order valence-corrected chi connectivity index (χ4v) is 4.53. The third-order valence-corrected chi connectivity index (χ3v) is 6.30. The van der Waals surface area contributed by atoms with Crippen LogP contribution in [0.5, 0.6) is 0 Å². The molecule has 0 fully saturated rings. The van der Waals surface area contributed by atoms with E-state index in [4.69, 9.17) is 0 Å². The Morgan fingerprint density at radius 1 is 1.30 bits per heavy atom. The Hall–Kier alpha value is -2.21. The molecule has 2 unspecified atom stereocenters. The highest BCUT2D eigenvalue weighted by molar-refractivity contribution is 7.10. The van der Waals surface area contributed by atoms with Gasteiger partial charge in [-0.15, -0.1) is 11.3 Å². The molecule has 0 saturated carbocycles.